The lowest BCUT2D eigenvalue weighted by atomic mass is 9.73. The second kappa shape index (κ2) is 15.8. The van der Waals surface area contributed by atoms with E-state index in [9.17, 15) is 9.59 Å². The van der Waals surface area contributed by atoms with E-state index >= 15 is 0 Å². The number of carbonyl (C=O) groups is 2. The quantitative estimate of drug-likeness (QED) is 0.0360. The number of ether oxygens (including phenoxy) is 2. The lowest BCUT2D eigenvalue weighted by Crippen LogP contribution is -2.23. The summed E-state index contributed by atoms with van der Waals surface area (Å²) in [6.45, 7) is 16.3. The van der Waals surface area contributed by atoms with E-state index < -0.39 is 11.4 Å². The van der Waals surface area contributed by atoms with E-state index in [-0.39, 0.29) is 12.6 Å². The molecule has 0 aliphatic heterocycles. The molecular formula is C61H46O4. The van der Waals surface area contributed by atoms with Crippen LogP contribution < -0.4 is 0 Å². The maximum absolute atomic E-state index is 12.2. The second-order valence-electron chi connectivity index (χ2n) is 17.4. The van der Waals surface area contributed by atoms with Crippen LogP contribution in [0.25, 0.3) is 104 Å². The van der Waals surface area contributed by atoms with Crippen molar-refractivity contribution in [2.45, 2.75) is 31.1 Å². The van der Waals surface area contributed by atoms with Crippen LogP contribution in [0.5, 0.6) is 0 Å². The average Bonchev–Trinajstić information content (AvgIpc) is 3.62. The van der Waals surface area contributed by atoms with Gasteiger partial charge < -0.3 is 9.47 Å². The molecule has 1 aliphatic carbocycles. The van der Waals surface area contributed by atoms with Crippen LogP contribution in [0.15, 0.2) is 178 Å². The number of hydrogen-bond donors (Lipinski definition) is 0. The zero-order valence-corrected chi connectivity index (χ0v) is 36.2. The van der Waals surface area contributed by atoms with Gasteiger partial charge in [0.05, 0.1) is 13.2 Å². The Labute approximate surface area is 378 Å². The standard InChI is InChI=1S/C61H46O4/c1-5-37-31-43-14-12-39-16-22-47(51-26-20-45(32-37)57(43)59(39)51)41-18-24-49-50-25-19-42(36-54(50)61(8-4,53(49)35-41)28-10-30-65-56(63)7-3)48-23-17-40-13-15-44-33-38(11-9-29-64-55(62)6-2)34-46-21-27-52(48)60(40)58(44)46/h5-8,12-27,31-36H,1-4,9-11,28-30H2. The van der Waals surface area contributed by atoms with Gasteiger partial charge in [-0.15, -0.1) is 6.58 Å². The summed E-state index contributed by atoms with van der Waals surface area (Å²) in [6.07, 6.45) is 9.36. The molecule has 4 nitrogen and oxygen atoms in total. The van der Waals surface area contributed by atoms with Crippen LogP contribution in [0.3, 0.4) is 0 Å². The number of carbonyl (C=O) groups excluding carboxylic acids is 2. The molecule has 10 aromatic rings. The Morgan fingerprint density at radius 2 is 0.923 bits per heavy atom. The summed E-state index contributed by atoms with van der Waals surface area (Å²) < 4.78 is 10.8. The van der Waals surface area contributed by atoms with E-state index in [1.807, 2.05) is 6.08 Å². The van der Waals surface area contributed by atoms with Gasteiger partial charge in [0, 0.05) is 17.6 Å². The highest BCUT2D eigenvalue weighted by atomic mass is 16.5. The third kappa shape index (κ3) is 6.43. The molecule has 0 fully saturated rings. The van der Waals surface area contributed by atoms with Gasteiger partial charge in [-0.05, 0) is 170 Å². The first kappa shape index (κ1) is 40.0. The van der Waals surface area contributed by atoms with E-state index in [1.165, 1.54) is 116 Å². The summed E-state index contributed by atoms with van der Waals surface area (Å²) in [5.74, 6) is -0.805. The van der Waals surface area contributed by atoms with Gasteiger partial charge in [-0.3, -0.25) is 0 Å². The van der Waals surface area contributed by atoms with Crippen LogP contribution in [-0.2, 0) is 30.9 Å². The Kier molecular flexibility index (Phi) is 9.70. The molecule has 0 saturated heterocycles. The fourth-order valence-corrected chi connectivity index (χ4v) is 11.0. The normalized spacial score (nSPS) is 14.3. The summed E-state index contributed by atoms with van der Waals surface area (Å²) in [5, 5.41) is 14.8. The van der Waals surface area contributed by atoms with E-state index in [0.717, 1.165) is 29.5 Å². The number of esters is 2. The molecule has 1 unspecified atom stereocenters. The molecule has 10 aromatic carbocycles. The molecule has 0 N–H and O–H groups in total. The number of fused-ring (bicyclic) bond motifs is 3. The topological polar surface area (TPSA) is 52.6 Å². The zero-order chi connectivity index (χ0) is 44.4. The Morgan fingerprint density at radius 1 is 0.477 bits per heavy atom. The molecule has 4 heteroatoms. The molecule has 0 saturated carbocycles. The summed E-state index contributed by atoms with van der Waals surface area (Å²) in [5.41, 5.74) is 11.2. The van der Waals surface area contributed by atoms with Crippen LogP contribution in [0, 0.1) is 0 Å². The SMILES string of the molecule is C=CC(=O)OCCCc1cc2ccc3ccc(-c4ccc5c(c4)C(C=C)(CCCOC(=O)C=C)c4cc(-c6ccc7ccc8cc(C=C)cc9ccc6c7c89)ccc4-5)c4ccc(c1)c2c34. The van der Waals surface area contributed by atoms with Crippen molar-refractivity contribution in [1.29, 1.82) is 0 Å². The average molecular weight is 843 g/mol. The number of hydrogen-bond acceptors (Lipinski definition) is 4. The van der Waals surface area contributed by atoms with E-state index in [4.69, 9.17) is 9.47 Å². The number of rotatable bonds is 14. The Balaban J connectivity index is 1.02. The van der Waals surface area contributed by atoms with Gasteiger partial charge in [0.25, 0.3) is 0 Å². The maximum atomic E-state index is 12.2. The summed E-state index contributed by atoms with van der Waals surface area (Å²) in [6, 6.07) is 49.8. The van der Waals surface area contributed by atoms with Crippen molar-refractivity contribution in [3.8, 4) is 33.4 Å². The van der Waals surface area contributed by atoms with Gasteiger partial charge in [-0.25, -0.2) is 9.59 Å². The lowest BCUT2D eigenvalue weighted by molar-refractivity contribution is -0.138. The van der Waals surface area contributed by atoms with Crippen molar-refractivity contribution in [2.75, 3.05) is 13.2 Å². The maximum Gasteiger partial charge on any atom is 0.330 e. The van der Waals surface area contributed by atoms with Crippen LogP contribution >= 0.6 is 0 Å². The molecule has 11 rings (SSSR count). The van der Waals surface area contributed by atoms with Crippen LogP contribution in [0.4, 0.5) is 0 Å². The number of allylic oxidation sites excluding steroid dienone is 1. The van der Waals surface area contributed by atoms with Crippen molar-refractivity contribution in [3.05, 3.63) is 200 Å². The van der Waals surface area contributed by atoms with Crippen molar-refractivity contribution in [3.63, 3.8) is 0 Å². The molecular weight excluding hydrogens is 797 g/mol. The van der Waals surface area contributed by atoms with Crippen molar-refractivity contribution < 1.29 is 19.1 Å². The first-order chi connectivity index (χ1) is 31.8. The minimum Gasteiger partial charge on any atom is -0.463 e. The van der Waals surface area contributed by atoms with Crippen LogP contribution in [0.2, 0.25) is 0 Å². The molecule has 0 amide bonds. The molecule has 0 aromatic heterocycles. The van der Waals surface area contributed by atoms with Crippen LogP contribution in [0.1, 0.15) is 41.5 Å². The van der Waals surface area contributed by atoms with Crippen molar-refractivity contribution in [2.24, 2.45) is 0 Å². The molecule has 0 heterocycles. The smallest absolute Gasteiger partial charge is 0.330 e. The second-order valence-corrected chi connectivity index (χ2v) is 17.4. The lowest BCUT2D eigenvalue weighted by Gasteiger charge is -2.29. The van der Waals surface area contributed by atoms with Gasteiger partial charge in [0.1, 0.15) is 0 Å². The zero-order valence-electron chi connectivity index (χ0n) is 36.2. The highest BCUT2D eigenvalue weighted by Crippen LogP contribution is 2.55. The minimum atomic E-state index is -0.549. The molecule has 0 spiro atoms. The van der Waals surface area contributed by atoms with Gasteiger partial charge in [-0.2, -0.15) is 0 Å². The molecule has 65 heavy (non-hydrogen) atoms. The Hall–Kier alpha value is -7.82. The van der Waals surface area contributed by atoms with E-state index in [0.29, 0.717) is 19.4 Å². The molecule has 0 bridgehead atoms. The monoisotopic (exact) mass is 842 g/mol. The first-order valence-corrected chi connectivity index (χ1v) is 22.4. The predicted octanol–water partition coefficient (Wildman–Crippen LogP) is 15.1. The Morgan fingerprint density at radius 3 is 1.42 bits per heavy atom. The summed E-state index contributed by atoms with van der Waals surface area (Å²) in [7, 11) is 0. The summed E-state index contributed by atoms with van der Waals surface area (Å²) in [4.78, 5) is 23.8. The largest absolute Gasteiger partial charge is 0.463 e. The molecule has 1 atom stereocenters. The summed E-state index contributed by atoms with van der Waals surface area (Å²) >= 11 is 0. The fraction of sp³-hybridized carbons (Fsp3) is 0.115. The minimum absolute atomic E-state index is 0.284. The third-order valence-electron chi connectivity index (χ3n) is 13.9. The number of aryl methyl sites for hydroxylation is 1. The van der Waals surface area contributed by atoms with Crippen molar-refractivity contribution in [1.82, 2.24) is 0 Å². The van der Waals surface area contributed by atoms with Crippen LogP contribution in [-0.4, -0.2) is 25.2 Å². The van der Waals surface area contributed by atoms with Gasteiger partial charge >= 0.3 is 11.9 Å². The van der Waals surface area contributed by atoms with Crippen molar-refractivity contribution >= 4 is 82.6 Å². The Bertz CT molecular complexity index is 3590. The highest BCUT2D eigenvalue weighted by molar-refractivity contribution is 6.27. The van der Waals surface area contributed by atoms with E-state index in [1.54, 1.807) is 0 Å². The van der Waals surface area contributed by atoms with E-state index in [2.05, 4.69) is 166 Å². The molecule has 0 radical (unpaired) electrons. The third-order valence-corrected chi connectivity index (χ3v) is 13.9. The highest BCUT2D eigenvalue weighted by Gasteiger charge is 2.41. The first-order valence-electron chi connectivity index (χ1n) is 22.4. The van der Waals surface area contributed by atoms with Gasteiger partial charge in [-0.1, -0.05) is 141 Å². The fourth-order valence-electron chi connectivity index (χ4n) is 11.0. The molecule has 1 aliphatic rings. The van der Waals surface area contributed by atoms with Gasteiger partial charge in [0.15, 0.2) is 0 Å². The number of benzene rings is 10. The predicted molar refractivity (Wildman–Crippen MR) is 271 cm³/mol. The van der Waals surface area contributed by atoms with Gasteiger partial charge in [0.2, 0.25) is 0 Å². The molecule has 314 valence electrons.